The van der Waals surface area contributed by atoms with Crippen molar-refractivity contribution >= 4 is 11.6 Å². The summed E-state index contributed by atoms with van der Waals surface area (Å²) >= 11 is 0. The van der Waals surface area contributed by atoms with E-state index in [0.717, 1.165) is 30.2 Å². The third kappa shape index (κ3) is 5.67. The Morgan fingerprint density at radius 2 is 1.61 bits per heavy atom. The molecule has 1 saturated heterocycles. The Bertz CT molecular complexity index is 1200. The summed E-state index contributed by atoms with van der Waals surface area (Å²) in [5.74, 6) is 1.57. The molecule has 1 aliphatic rings. The lowest BCUT2D eigenvalue weighted by molar-refractivity contribution is 0.0746. The lowest BCUT2D eigenvalue weighted by Gasteiger charge is -2.37. The second-order valence-electron chi connectivity index (χ2n) is 10.6. The molecule has 4 rings (SSSR count). The molecule has 0 bridgehead atoms. The molecule has 0 N–H and O–H groups in total. The molecule has 190 valence electrons. The van der Waals surface area contributed by atoms with E-state index in [0.29, 0.717) is 25.3 Å². The molecule has 0 unspecified atom stereocenters. The average molecular weight is 487 g/mol. The largest absolute Gasteiger partial charge is 0.496 e. The van der Waals surface area contributed by atoms with Gasteiger partial charge in [-0.1, -0.05) is 45.0 Å². The number of hydrogen-bond acceptors (Lipinski definition) is 4. The molecule has 0 aliphatic carbocycles. The number of amides is 1. The van der Waals surface area contributed by atoms with Crippen molar-refractivity contribution in [2.75, 3.05) is 38.2 Å². The molecule has 3 aromatic rings. The van der Waals surface area contributed by atoms with Gasteiger partial charge < -0.3 is 19.3 Å². The van der Waals surface area contributed by atoms with Gasteiger partial charge in [-0.15, -0.1) is 0 Å². The Hall–Kier alpha value is -3.47. The van der Waals surface area contributed by atoms with Crippen LogP contribution < -0.4 is 14.4 Å². The van der Waals surface area contributed by atoms with Crippen molar-refractivity contribution in [2.45, 2.75) is 46.6 Å². The molecule has 1 aliphatic heterocycles. The van der Waals surface area contributed by atoms with Crippen LogP contribution in [0.15, 0.2) is 60.7 Å². The quantitative estimate of drug-likeness (QED) is 0.419. The van der Waals surface area contributed by atoms with Gasteiger partial charge in [0, 0.05) is 43.0 Å². The second kappa shape index (κ2) is 10.7. The van der Waals surface area contributed by atoms with Gasteiger partial charge in [0.15, 0.2) is 0 Å². The minimum Gasteiger partial charge on any atom is -0.496 e. The van der Waals surface area contributed by atoms with Gasteiger partial charge in [0.05, 0.1) is 7.11 Å². The molecule has 1 heterocycles. The van der Waals surface area contributed by atoms with Crippen LogP contribution in [0.1, 0.15) is 53.4 Å². The maximum Gasteiger partial charge on any atom is 0.253 e. The van der Waals surface area contributed by atoms with Crippen molar-refractivity contribution < 1.29 is 14.3 Å². The van der Waals surface area contributed by atoms with E-state index >= 15 is 0 Å². The SMILES string of the molecule is COc1ccc(C(=O)N2CCN(c3cccc(C)c3C)CC2)cc1COc1ccc(C(C)(C)C)cc1. The fourth-order valence-corrected chi connectivity index (χ4v) is 4.65. The Balaban J connectivity index is 1.42. The summed E-state index contributed by atoms with van der Waals surface area (Å²) in [6.45, 7) is 14.3. The highest BCUT2D eigenvalue weighted by atomic mass is 16.5. The van der Waals surface area contributed by atoms with Crippen molar-refractivity contribution in [2.24, 2.45) is 0 Å². The monoisotopic (exact) mass is 486 g/mol. The lowest BCUT2D eigenvalue weighted by atomic mass is 9.87. The lowest BCUT2D eigenvalue weighted by Crippen LogP contribution is -2.49. The van der Waals surface area contributed by atoms with Gasteiger partial charge in [-0.2, -0.15) is 0 Å². The predicted octanol–water partition coefficient (Wildman–Crippen LogP) is 6.15. The van der Waals surface area contributed by atoms with Gasteiger partial charge in [-0.25, -0.2) is 0 Å². The third-order valence-electron chi connectivity index (χ3n) is 7.13. The first kappa shape index (κ1) is 25.6. The van der Waals surface area contributed by atoms with Gasteiger partial charge in [-0.3, -0.25) is 4.79 Å². The number of rotatable bonds is 6. The third-order valence-corrected chi connectivity index (χ3v) is 7.13. The Morgan fingerprint density at radius 1 is 0.917 bits per heavy atom. The van der Waals surface area contributed by atoms with E-state index in [1.165, 1.54) is 22.4 Å². The molecule has 5 nitrogen and oxygen atoms in total. The zero-order valence-corrected chi connectivity index (χ0v) is 22.4. The number of piperazine rings is 1. The standard InChI is InChI=1S/C31H38N2O3/c1-22-8-7-9-28(23(22)2)32-16-18-33(19-17-32)30(34)24-10-15-29(35-6)25(20-24)21-36-27-13-11-26(12-14-27)31(3,4)5/h7-15,20H,16-19,21H2,1-6H3. The highest BCUT2D eigenvalue weighted by Crippen LogP contribution is 2.27. The van der Waals surface area contributed by atoms with Crippen molar-refractivity contribution in [3.63, 3.8) is 0 Å². The Morgan fingerprint density at radius 3 is 2.25 bits per heavy atom. The van der Waals surface area contributed by atoms with Crippen molar-refractivity contribution in [3.05, 3.63) is 88.5 Å². The normalized spacial score (nSPS) is 14.1. The maximum absolute atomic E-state index is 13.3. The number of anilines is 1. The molecule has 0 spiro atoms. The second-order valence-corrected chi connectivity index (χ2v) is 10.6. The summed E-state index contributed by atoms with van der Waals surface area (Å²) in [5, 5.41) is 0. The van der Waals surface area contributed by atoms with Crippen LogP contribution in [-0.4, -0.2) is 44.1 Å². The number of ether oxygens (including phenoxy) is 2. The van der Waals surface area contributed by atoms with E-state index in [1.54, 1.807) is 7.11 Å². The number of nitrogens with zero attached hydrogens (tertiary/aromatic N) is 2. The Labute approximate surface area is 215 Å². The number of benzene rings is 3. The van der Waals surface area contributed by atoms with Gasteiger partial charge in [0.25, 0.3) is 5.91 Å². The van der Waals surface area contributed by atoms with Crippen LogP contribution >= 0.6 is 0 Å². The van der Waals surface area contributed by atoms with Crippen molar-refractivity contribution in [1.29, 1.82) is 0 Å². The molecule has 3 aromatic carbocycles. The number of aryl methyl sites for hydroxylation is 1. The highest BCUT2D eigenvalue weighted by molar-refractivity contribution is 5.94. The number of carbonyl (C=O) groups excluding carboxylic acids is 1. The molecule has 0 atom stereocenters. The van der Waals surface area contributed by atoms with Crippen molar-refractivity contribution in [1.82, 2.24) is 4.90 Å². The molecule has 0 saturated carbocycles. The summed E-state index contributed by atoms with van der Waals surface area (Å²) in [4.78, 5) is 17.7. The van der Waals surface area contributed by atoms with E-state index < -0.39 is 0 Å². The van der Waals surface area contributed by atoms with Crippen molar-refractivity contribution in [3.8, 4) is 11.5 Å². The van der Waals surface area contributed by atoms with Gasteiger partial charge in [-0.05, 0) is 72.4 Å². The van der Waals surface area contributed by atoms with Crippen LogP contribution in [-0.2, 0) is 12.0 Å². The summed E-state index contributed by atoms with van der Waals surface area (Å²) in [6, 6.07) is 20.2. The first-order chi connectivity index (χ1) is 17.2. The molecule has 0 aromatic heterocycles. The molecule has 0 radical (unpaired) electrons. The average Bonchev–Trinajstić information content (AvgIpc) is 2.88. The van der Waals surface area contributed by atoms with Crippen LogP contribution in [0, 0.1) is 13.8 Å². The Kier molecular flexibility index (Phi) is 7.58. The molecule has 36 heavy (non-hydrogen) atoms. The van der Waals surface area contributed by atoms with E-state index in [4.69, 9.17) is 9.47 Å². The summed E-state index contributed by atoms with van der Waals surface area (Å²) in [6.07, 6.45) is 0. The van der Waals surface area contributed by atoms with E-state index in [1.807, 2.05) is 35.2 Å². The summed E-state index contributed by atoms with van der Waals surface area (Å²) < 4.78 is 11.6. The number of carbonyl (C=O) groups is 1. The first-order valence-electron chi connectivity index (χ1n) is 12.7. The van der Waals surface area contributed by atoms with Crippen LogP contribution in [0.5, 0.6) is 11.5 Å². The maximum atomic E-state index is 13.3. The summed E-state index contributed by atoms with van der Waals surface area (Å²) in [5.41, 5.74) is 6.75. The summed E-state index contributed by atoms with van der Waals surface area (Å²) in [7, 11) is 1.64. The van der Waals surface area contributed by atoms with Crippen LogP contribution in [0.2, 0.25) is 0 Å². The van der Waals surface area contributed by atoms with Crippen LogP contribution in [0.4, 0.5) is 5.69 Å². The molecule has 5 heteroatoms. The molecule has 1 amide bonds. The topological polar surface area (TPSA) is 42.0 Å². The van der Waals surface area contributed by atoms with E-state index in [2.05, 4.69) is 69.9 Å². The number of hydrogen-bond donors (Lipinski definition) is 0. The fraction of sp³-hybridized carbons (Fsp3) is 0.387. The molecular weight excluding hydrogens is 448 g/mol. The minimum absolute atomic E-state index is 0.0500. The van der Waals surface area contributed by atoms with Gasteiger partial charge in [0.1, 0.15) is 18.1 Å². The molecule has 1 fully saturated rings. The number of methoxy groups -OCH3 is 1. The van der Waals surface area contributed by atoms with E-state index in [-0.39, 0.29) is 11.3 Å². The van der Waals surface area contributed by atoms with E-state index in [9.17, 15) is 4.79 Å². The van der Waals surface area contributed by atoms with Gasteiger partial charge in [0.2, 0.25) is 0 Å². The smallest absolute Gasteiger partial charge is 0.253 e. The molecular formula is C31H38N2O3. The highest BCUT2D eigenvalue weighted by Gasteiger charge is 2.24. The first-order valence-corrected chi connectivity index (χ1v) is 12.7. The van der Waals surface area contributed by atoms with Crippen LogP contribution in [0.25, 0.3) is 0 Å². The van der Waals surface area contributed by atoms with Crippen LogP contribution in [0.3, 0.4) is 0 Å². The zero-order chi connectivity index (χ0) is 25.9. The fourth-order valence-electron chi connectivity index (χ4n) is 4.65. The zero-order valence-electron chi connectivity index (χ0n) is 22.4. The predicted molar refractivity (Wildman–Crippen MR) is 147 cm³/mol. The van der Waals surface area contributed by atoms with Gasteiger partial charge >= 0.3 is 0 Å². The minimum atomic E-state index is 0.0500.